The molecular weight excluding hydrogens is 308 g/mol. The van der Waals surface area contributed by atoms with Gasteiger partial charge < -0.3 is 5.32 Å². The van der Waals surface area contributed by atoms with Gasteiger partial charge in [-0.2, -0.15) is 0 Å². The van der Waals surface area contributed by atoms with Crippen LogP contribution < -0.4 is 5.32 Å². The van der Waals surface area contributed by atoms with E-state index in [1.54, 1.807) is 0 Å². The SMILES string of the molecule is C[C@@H]1C[C@H](C)CN([C@@H](C)C(=O)Nc2ccccc2-c2ccccc2)C1. The summed E-state index contributed by atoms with van der Waals surface area (Å²) in [5, 5.41) is 3.16. The van der Waals surface area contributed by atoms with Crippen LogP contribution in [0, 0.1) is 11.8 Å². The highest BCUT2D eigenvalue weighted by Gasteiger charge is 2.29. The number of likely N-dealkylation sites (tertiary alicyclic amines) is 1. The third kappa shape index (κ3) is 4.29. The molecule has 2 aromatic rings. The number of rotatable bonds is 4. The van der Waals surface area contributed by atoms with E-state index in [9.17, 15) is 4.79 Å². The first kappa shape index (κ1) is 17.7. The highest BCUT2D eigenvalue weighted by atomic mass is 16.2. The molecule has 0 saturated carbocycles. The van der Waals surface area contributed by atoms with E-state index in [-0.39, 0.29) is 11.9 Å². The van der Waals surface area contributed by atoms with E-state index in [4.69, 9.17) is 0 Å². The molecule has 3 heteroatoms. The monoisotopic (exact) mass is 336 g/mol. The van der Waals surface area contributed by atoms with Crippen molar-refractivity contribution in [1.82, 2.24) is 4.90 Å². The summed E-state index contributed by atoms with van der Waals surface area (Å²) in [5.74, 6) is 1.37. The quantitative estimate of drug-likeness (QED) is 0.881. The molecule has 0 spiro atoms. The number of nitrogens with zero attached hydrogens (tertiary/aromatic N) is 1. The van der Waals surface area contributed by atoms with Crippen molar-refractivity contribution in [1.29, 1.82) is 0 Å². The number of hydrogen-bond acceptors (Lipinski definition) is 2. The molecule has 1 saturated heterocycles. The Hall–Kier alpha value is -2.13. The van der Waals surface area contributed by atoms with Gasteiger partial charge in [0.1, 0.15) is 0 Å². The Kier molecular flexibility index (Phi) is 5.54. The highest BCUT2D eigenvalue weighted by Crippen LogP contribution is 2.28. The lowest BCUT2D eigenvalue weighted by atomic mass is 9.91. The lowest BCUT2D eigenvalue weighted by molar-refractivity contribution is -0.121. The fourth-order valence-electron chi connectivity index (χ4n) is 3.89. The van der Waals surface area contributed by atoms with Crippen molar-refractivity contribution in [3.63, 3.8) is 0 Å². The Bertz CT molecular complexity index is 703. The van der Waals surface area contributed by atoms with Crippen LogP contribution in [0.3, 0.4) is 0 Å². The van der Waals surface area contributed by atoms with Crippen LogP contribution in [0.5, 0.6) is 0 Å². The molecule has 2 aromatic carbocycles. The van der Waals surface area contributed by atoms with E-state index in [2.05, 4.69) is 42.3 Å². The van der Waals surface area contributed by atoms with Crippen LogP contribution >= 0.6 is 0 Å². The Morgan fingerprint density at radius 2 is 1.60 bits per heavy atom. The minimum Gasteiger partial charge on any atom is -0.324 e. The molecule has 0 aliphatic carbocycles. The lowest BCUT2D eigenvalue weighted by Gasteiger charge is -2.38. The Morgan fingerprint density at radius 3 is 2.28 bits per heavy atom. The zero-order valence-corrected chi connectivity index (χ0v) is 15.4. The second kappa shape index (κ2) is 7.83. The number of carbonyl (C=O) groups excluding carboxylic acids is 1. The molecule has 1 aliphatic heterocycles. The first-order valence-electron chi connectivity index (χ1n) is 9.24. The Balaban J connectivity index is 1.75. The van der Waals surface area contributed by atoms with E-state index in [0.29, 0.717) is 11.8 Å². The number of amides is 1. The molecule has 1 amide bonds. The predicted octanol–water partition coefficient (Wildman–Crippen LogP) is 4.66. The maximum absolute atomic E-state index is 12.9. The lowest BCUT2D eigenvalue weighted by Crippen LogP contribution is -2.48. The van der Waals surface area contributed by atoms with Gasteiger partial charge >= 0.3 is 0 Å². The van der Waals surface area contributed by atoms with Crippen LogP contribution in [-0.4, -0.2) is 29.9 Å². The minimum absolute atomic E-state index is 0.0738. The van der Waals surface area contributed by atoms with Gasteiger partial charge in [0.05, 0.1) is 6.04 Å². The topological polar surface area (TPSA) is 32.3 Å². The van der Waals surface area contributed by atoms with Gasteiger partial charge in [0.15, 0.2) is 0 Å². The van der Waals surface area contributed by atoms with Crippen LogP contribution in [0.25, 0.3) is 11.1 Å². The summed E-state index contributed by atoms with van der Waals surface area (Å²) in [6.07, 6.45) is 1.25. The van der Waals surface area contributed by atoms with Gasteiger partial charge in [0, 0.05) is 24.3 Å². The molecule has 1 aliphatic rings. The summed E-state index contributed by atoms with van der Waals surface area (Å²) < 4.78 is 0. The zero-order chi connectivity index (χ0) is 17.8. The van der Waals surface area contributed by atoms with E-state index < -0.39 is 0 Å². The molecule has 25 heavy (non-hydrogen) atoms. The normalized spacial score (nSPS) is 22.4. The molecule has 0 bridgehead atoms. The van der Waals surface area contributed by atoms with Gasteiger partial charge in [0.25, 0.3) is 0 Å². The molecule has 1 N–H and O–H groups in total. The number of anilines is 1. The average Bonchev–Trinajstić information content (AvgIpc) is 2.61. The Morgan fingerprint density at radius 1 is 1.00 bits per heavy atom. The van der Waals surface area contributed by atoms with Gasteiger partial charge in [-0.1, -0.05) is 62.4 Å². The van der Waals surface area contributed by atoms with Crippen molar-refractivity contribution in [2.75, 3.05) is 18.4 Å². The van der Waals surface area contributed by atoms with Crippen molar-refractivity contribution in [3.8, 4) is 11.1 Å². The summed E-state index contributed by atoms with van der Waals surface area (Å²) in [6.45, 7) is 8.57. The zero-order valence-electron chi connectivity index (χ0n) is 15.4. The fraction of sp³-hybridized carbons (Fsp3) is 0.409. The second-order valence-corrected chi connectivity index (χ2v) is 7.48. The van der Waals surface area contributed by atoms with Crippen LogP contribution in [-0.2, 0) is 4.79 Å². The summed E-state index contributed by atoms with van der Waals surface area (Å²) in [4.78, 5) is 15.2. The summed E-state index contributed by atoms with van der Waals surface area (Å²) in [7, 11) is 0. The average molecular weight is 336 g/mol. The maximum Gasteiger partial charge on any atom is 0.241 e. The van der Waals surface area contributed by atoms with Crippen molar-refractivity contribution < 1.29 is 4.79 Å². The highest BCUT2D eigenvalue weighted by molar-refractivity contribution is 5.98. The standard InChI is InChI=1S/C22H28N2O/c1-16-13-17(2)15-24(14-16)18(3)22(25)23-21-12-8-7-11-20(21)19-9-5-4-6-10-19/h4-12,16-18H,13-15H2,1-3H3,(H,23,25)/t16-,17+,18-/m0/s1. The molecular formula is C22H28N2O. The number of para-hydroxylation sites is 1. The van der Waals surface area contributed by atoms with Gasteiger partial charge in [-0.05, 0) is 36.8 Å². The Labute approximate surface area is 151 Å². The summed E-state index contributed by atoms with van der Waals surface area (Å²) >= 11 is 0. The van der Waals surface area contributed by atoms with E-state index in [1.165, 1.54) is 6.42 Å². The maximum atomic E-state index is 12.9. The van der Waals surface area contributed by atoms with Crippen LogP contribution in [0.4, 0.5) is 5.69 Å². The van der Waals surface area contributed by atoms with Crippen LogP contribution in [0.15, 0.2) is 54.6 Å². The molecule has 1 fully saturated rings. The number of benzene rings is 2. The molecule has 3 rings (SSSR count). The molecule has 3 nitrogen and oxygen atoms in total. The van der Waals surface area contributed by atoms with Gasteiger partial charge in [-0.25, -0.2) is 0 Å². The predicted molar refractivity (Wildman–Crippen MR) is 104 cm³/mol. The summed E-state index contributed by atoms with van der Waals surface area (Å²) in [6, 6.07) is 18.1. The largest absolute Gasteiger partial charge is 0.324 e. The number of hydrogen-bond donors (Lipinski definition) is 1. The molecule has 0 radical (unpaired) electrons. The van der Waals surface area contributed by atoms with E-state index in [1.807, 2.05) is 43.3 Å². The van der Waals surface area contributed by atoms with Crippen LogP contribution in [0.1, 0.15) is 27.2 Å². The third-order valence-corrected chi connectivity index (χ3v) is 5.09. The van der Waals surface area contributed by atoms with E-state index >= 15 is 0 Å². The van der Waals surface area contributed by atoms with Gasteiger partial charge in [0.2, 0.25) is 5.91 Å². The van der Waals surface area contributed by atoms with Crippen molar-refractivity contribution in [3.05, 3.63) is 54.6 Å². The van der Waals surface area contributed by atoms with Crippen molar-refractivity contribution in [2.24, 2.45) is 11.8 Å². The first-order chi connectivity index (χ1) is 12.0. The first-order valence-corrected chi connectivity index (χ1v) is 9.24. The van der Waals surface area contributed by atoms with Gasteiger partial charge in [-0.15, -0.1) is 0 Å². The van der Waals surface area contributed by atoms with Crippen LogP contribution in [0.2, 0.25) is 0 Å². The molecule has 3 atom stereocenters. The number of carbonyl (C=O) groups is 1. The number of nitrogens with one attached hydrogen (secondary N) is 1. The molecule has 132 valence electrons. The van der Waals surface area contributed by atoms with Crippen molar-refractivity contribution >= 4 is 11.6 Å². The number of piperidine rings is 1. The summed E-state index contributed by atoms with van der Waals surface area (Å²) in [5.41, 5.74) is 3.05. The van der Waals surface area contributed by atoms with E-state index in [0.717, 1.165) is 29.9 Å². The second-order valence-electron chi connectivity index (χ2n) is 7.48. The minimum atomic E-state index is -0.117. The molecule has 0 aromatic heterocycles. The fourth-order valence-corrected chi connectivity index (χ4v) is 3.89. The smallest absolute Gasteiger partial charge is 0.241 e. The van der Waals surface area contributed by atoms with Crippen molar-refractivity contribution in [2.45, 2.75) is 33.2 Å². The molecule has 1 heterocycles. The van der Waals surface area contributed by atoms with Gasteiger partial charge in [-0.3, -0.25) is 9.69 Å². The third-order valence-electron chi connectivity index (χ3n) is 5.09. The molecule has 0 unspecified atom stereocenters.